The molecular weight excluding hydrogens is 434 g/mol. The maximum absolute atomic E-state index is 13.3. The first-order valence-electron chi connectivity index (χ1n) is 11.2. The molecule has 2 aromatic carbocycles. The highest BCUT2D eigenvalue weighted by Crippen LogP contribution is 2.44. The number of para-hydroxylation sites is 1. The Morgan fingerprint density at radius 1 is 1.09 bits per heavy atom. The van der Waals surface area contributed by atoms with E-state index in [-0.39, 0.29) is 29.4 Å². The van der Waals surface area contributed by atoms with Crippen molar-refractivity contribution in [3.63, 3.8) is 0 Å². The SMILES string of the molecule is CCCCOc1ccccc1[C@@H]1C(C(=O)OCc2ccccc2)=C(N)Oc2cc(C)oc(=O)c21. The van der Waals surface area contributed by atoms with E-state index in [0.717, 1.165) is 18.4 Å². The zero-order valence-corrected chi connectivity index (χ0v) is 19.2. The number of unbranched alkanes of at least 4 members (excludes halogenated alkanes) is 1. The van der Waals surface area contributed by atoms with Crippen molar-refractivity contribution >= 4 is 5.97 Å². The Morgan fingerprint density at radius 3 is 2.59 bits per heavy atom. The number of hydrogen-bond acceptors (Lipinski definition) is 7. The highest BCUT2D eigenvalue weighted by molar-refractivity contribution is 5.92. The molecule has 0 aliphatic carbocycles. The molecule has 0 fully saturated rings. The molecule has 0 amide bonds. The Bertz CT molecular complexity index is 1260. The third-order valence-electron chi connectivity index (χ3n) is 5.55. The Kier molecular flexibility index (Phi) is 7.01. The van der Waals surface area contributed by atoms with E-state index < -0.39 is 17.5 Å². The first-order chi connectivity index (χ1) is 16.5. The molecule has 0 unspecified atom stereocenters. The Hall–Kier alpha value is -4.00. The van der Waals surface area contributed by atoms with Crippen molar-refractivity contribution in [1.82, 2.24) is 0 Å². The molecule has 2 heterocycles. The lowest BCUT2D eigenvalue weighted by Gasteiger charge is -2.28. The van der Waals surface area contributed by atoms with Crippen LogP contribution in [0.2, 0.25) is 0 Å². The van der Waals surface area contributed by atoms with Gasteiger partial charge in [0, 0.05) is 11.6 Å². The van der Waals surface area contributed by atoms with Gasteiger partial charge in [-0.1, -0.05) is 61.9 Å². The molecule has 0 saturated carbocycles. The second-order valence-electron chi connectivity index (χ2n) is 8.04. The third-order valence-corrected chi connectivity index (χ3v) is 5.55. The zero-order chi connectivity index (χ0) is 24.1. The molecular formula is C27H27NO6. The molecule has 7 heteroatoms. The summed E-state index contributed by atoms with van der Waals surface area (Å²) in [5, 5.41) is 0. The minimum atomic E-state index is -0.873. The third kappa shape index (κ3) is 4.83. The van der Waals surface area contributed by atoms with Crippen LogP contribution in [0.1, 0.15) is 48.1 Å². The molecule has 1 aromatic heterocycles. The number of fused-ring (bicyclic) bond motifs is 1. The summed E-state index contributed by atoms with van der Waals surface area (Å²) < 4.78 is 22.7. The van der Waals surface area contributed by atoms with E-state index in [1.54, 1.807) is 25.1 Å². The molecule has 1 aliphatic heterocycles. The van der Waals surface area contributed by atoms with Gasteiger partial charge in [-0.05, 0) is 25.0 Å². The van der Waals surface area contributed by atoms with E-state index >= 15 is 0 Å². The van der Waals surface area contributed by atoms with Crippen LogP contribution in [0, 0.1) is 6.92 Å². The van der Waals surface area contributed by atoms with Gasteiger partial charge in [0.15, 0.2) is 0 Å². The first-order valence-corrected chi connectivity index (χ1v) is 11.2. The summed E-state index contributed by atoms with van der Waals surface area (Å²) in [4.78, 5) is 26.3. The smallest absolute Gasteiger partial charge is 0.343 e. The number of nitrogens with two attached hydrogens (primary N) is 1. The van der Waals surface area contributed by atoms with Crippen molar-refractivity contribution < 1.29 is 23.4 Å². The van der Waals surface area contributed by atoms with Crippen LogP contribution in [0.25, 0.3) is 0 Å². The predicted octanol–water partition coefficient (Wildman–Crippen LogP) is 4.57. The Balaban J connectivity index is 1.78. The van der Waals surface area contributed by atoms with Crippen LogP contribution in [-0.4, -0.2) is 12.6 Å². The fourth-order valence-electron chi connectivity index (χ4n) is 3.91. The van der Waals surface area contributed by atoms with Crippen molar-refractivity contribution in [2.45, 2.75) is 39.2 Å². The number of aryl methyl sites for hydroxylation is 1. The van der Waals surface area contributed by atoms with Crippen molar-refractivity contribution in [3.05, 3.63) is 105 Å². The van der Waals surface area contributed by atoms with Crippen molar-refractivity contribution in [2.24, 2.45) is 5.73 Å². The first kappa shape index (κ1) is 23.2. The minimum Gasteiger partial charge on any atom is -0.493 e. The Labute approximate surface area is 197 Å². The van der Waals surface area contributed by atoms with E-state index in [9.17, 15) is 9.59 Å². The topological polar surface area (TPSA) is 101 Å². The lowest BCUT2D eigenvalue weighted by molar-refractivity contribution is -0.140. The van der Waals surface area contributed by atoms with Crippen LogP contribution < -0.4 is 20.8 Å². The fraction of sp³-hybridized carbons (Fsp3) is 0.259. The number of hydrogen-bond donors (Lipinski definition) is 1. The zero-order valence-electron chi connectivity index (χ0n) is 19.2. The number of benzene rings is 2. The summed E-state index contributed by atoms with van der Waals surface area (Å²) >= 11 is 0. The number of carbonyl (C=O) groups is 1. The van der Waals surface area contributed by atoms with Gasteiger partial charge in [-0.3, -0.25) is 0 Å². The highest BCUT2D eigenvalue weighted by Gasteiger charge is 2.39. The fourth-order valence-corrected chi connectivity index (χ4v) is 3.91. The summed E-state index contributed by atoms with van der Waals surface area (Å²) in [6.07, 6.45) is 1.83. The number of ether oxygens (including phenoxy) is 3. The molecule has 1 atom stereocenters. The summed E-state index contributed by atoms with van der Waals surface area (Å²) in [5.74, 6) is -0.502. The summed E-state index contributed by atoms with van der Waals surface area (Å²) in [5.41, 5.74) is 7.28. The van der Waals surface area contributed by atoms with Gasteiger partial charge in [-0.2, -0.15) is 0 Å². The lowest BCUT2D eigenvalue weighted by Crippen LogP contribution is -2.31. The molecule has 4 rings (SSSR count). The van der Waals surface area contributed by atoms with Crippen molar-refractivity contribution in [2.75, 3.05) is 6.61 Å². The predicted molar refractivity (Wildman–Crippen MR) is 126 cm³/mol. The van der Waals surface area contributed by atoms with Crippen LogP contribution in [-0.2, 0) is 16.1 Å². The van der Waals surface area contributed by atoms with Crippen LogP contribution in [0.5, 0.6) is 11.5 Å². The van der Waals surface area contributed by atoms with Gasteiger partial charge < -0.3 is 24.4 Å². The number of rotatable bonds is 8. The molecule has 7 nitrogen and oxygen atoms in total. The monoisotopic (exact) mass is 461 g/mol. The van der Waals surface area contributed by atoms with E-state index in [0.29, 0.717) is 23.7 Å². The maximum Gasteiger partial charge on any atom is 0.343 e. The summed E-state index contributed by atoms with van der Waals surface area (Å²) in [7, 11) is 0. The second kappa shape index (κ2) is 10.3. The van der Waals surface area contributed by atoms with Crippen molar-refractivity contribution in [1.29, 1.82) is 0 Å². The van der Waals surface area contributed by atoms with Gasteiger partial charge >= 0.3 is 11.6 Å². The van der Waals surface area contributed by atoms with Crippen LogP contribution in [0.15, 0.2) is 81.3 Å². The largest absolute Gasteiger partial charge is 0.493 e. The summed E-state index contributed by atoms with van der Waals surface area (Å²) in [6, 6.07) is 18.1. The molecule has 1 aliphatic rings. The van der Waals surface area contributed by atoms with Crippen LogP contribution in [0.4, 0.5) is 0 Å². The quantitative estimate of drug-likeness (QED) is 0.387. The molecule has 3 aromatic rings. The molecule has 0 radical (unpaired) electrons. The van der Waals surface area contributed by atoms with E-state index in [1.807, 2.05) is 42.5 Å². The van der Waals surface area contributed by atoms with Crippen molar-refractivity contribution in [3.8, 4) is 11.5 Å². The van der Waals surface area contributed by atoms with Gasteiger partial charge in [0.25, 0.3) is 0 Å². The van der Waals surface area contributed by atoms with Crippen LogP contribution in [0.3, 0.4) is 0 Å². The highest BCUT2D eigenvalue weighted by atomic mass is 16.5. The minimum absolute atomic E-state index is 0.0334. The van der Waals surface area contributed by atoms with E-state index in [1.165, 1.54) is 0 Å². The normalized spacial score (nSPS) is 14.8. The molecule has 0 saturated heterocycles. The van der Waals surface area contributed by atoms with Gasteiger partial charge in [0.05, 0.1) is 18.1 Å². The van der Waals surface area contributed by atoms with E-state index in [2.05, 4.69) is 6.92 Å². The van der Waals surface area contributed by atoms with Gasteiger partial charge in [-0.15, -0.1) is 0 Å². The molecule has 0 bridgehead atoms. The second-order valence-corrected chi connectivity index (χ2v) is 8.04. The maximum atomic E-state index is 13.3. The molecule has 176 valence electrons. The van der Waals surface area contributed by atoms with Gasteiger partial charge in [0.1, 0.15) is 29.4 Å². The summed E-state index contributed by atoms with van der Waals surface area (Å²) in [6.45, 7) is 4.26. The molecule has 0 spiro atoms. The average Bonchev–Trinajstić information content (AvgIpc) is 2.82. The van der Waals surface area contributed by atoms with Gasteiger partial charge in [-0.25, -0.2) is 9.59 Å². The number of carbonyl (C=O) groups excluding carboxylic acids is 1. The standard InChI is InChI=1S/C27H27NO6/c1-3-4-14-31-20-13-9-8-12-19(20)22-23-21(15-17(2)33-27(23)30)34-25(28)24(22)26(29)32-16-18-10-6-5-7-11-18/h5-13,15,22H,3-4,14,16,28H2,1-2H3/t22-/m0/s1. The molecule has 2 N–H and O–H groups in total. The lowest BCUT2D eigenvalue weighted by atomic mass is 9.83. The van der Waals surface area contributed by atoms with Crippen LogP contribution >= 0.6 is 0 Å². The number of esters is 1. The van der Waals surface area contributed by atoms with Gasteiger partial charge in [0.2, 0.25) is 5.88 Å². The molecule has 34 heavy (non-hydrogen) atoms. The average molecular weight is 462 g/mol. The van der Waals surface area contributed by atoms with E-state index in [4.69, 9.17) is 24.4 Å². The Morgan fingerprint density at radius 2 is 1.82 bits per heavy atom.